The van der Waals surface area contributed by atoms with Gasteiger partial charge in [-0.15, -0.1) is 0 Å². The van der Waals surface area contributed by atoms with Crippen LogP contribution in [0.2, 0.25) is 0 Å². The summed E-state index contributed by atoms with van der Waals surface area (Å²) in [5, 5.41) is 5.20. The number of pyridine rings is 2. The highest BCUT2D eigenvalue weighted by atomic mass is 14.9. The summed E-state index contributed by atoms with van der Waals surface area (Å²) in [6.45, 7) is 11.4. The van der Waals surface area contributed by atoms with Crippen LogP contribution in [-0.4, -0.2) is 9.38 Å². The van der Waals surface area contributed by atoms with Gasteiger partial charge in [0.05, 0.1) is 16.6 Å². The van der Waals surface area contributed by atoms with E-state index >= 15 is 0 Å². The van der Waals surface area contributed by atoms with Gasteiger partial charge in [-0.05, 0) is 54.8 Å². The first kappa shape index (κ1) is 15.6. The van der Waals surface area contributed by atoms with Crippen LogP contribution in [0.25, 0.3) is 38.1 Å². The van der Waals surface area contributed by atoms with Crippen LogP contribution < -0.4 is 0 Å². The van der Waals surface area contributed by atoms with Crippen molar-refractivity contribution in [2.45, 2.75) is 41.0 Å². The number of rotatable bonds is 1. The summed E-state index contributed by atoms with van der Waals surface area (Å²) in [7, 11) is 0. The summed E-state index contributed by atoms with van der Waals surface area (Å²) in [5.41, 5.74) is 8.08. The Labute approximate surface area is 153 Å². The third kappa shape index (κ3) is 2.02. The van der Waals surface area contributed by atoms with E-state index in [-0.39, 0.29) is 5.41 Å². The van der Waals surface area contributed by atoms with Crippen LogP contribution in [0.15, 0.2) is 42.6 Å². The number of hydrogen-bond donors (Lipinski definition) is 0. The van der Waals surface area contributed by atoms with E-state index in [1.807, 2.05) is 6.20 Å². The van der Waals surface area contributed by atoms with Crippen LogP contribution in [0.1, 0.15) is 37.6 Å². The van der Waals surface area contributed by atoms with Crippen LogP contribution in [0.4, 0.5) is 0 Å². The van der Waals surface area contributed by atoms with E-state index in [9.17, 15) is 0 Å². The summed E-state index contributed by atoms with van der Waals surface area (Å²) >= 11 is 0. The maximum Gasteiger partial charge on any atom is 0.0822 e. The molecule has 2 nitrogen and oxygen atoms in total. The number of aromatic nitrogens is 2. The molecule has 5 rings (SSSR count). The molecule has 0 aliphatic rings. The molecule has 0 amide bonds. The molecule has 0 N–H and O–H groups in total. The largest absolute Gasteiger partial charge is 0.312 e. The van der Waals surface area contributed by atoms with Crippen LogP contribution in [0, 0.1) is 19.3 Å². The third-order valence-electron chi connectivity index (χ3n) is 5.58. The molecule has 3 heterocycles. The van der Waals surface area contributed by atoms with Crippen molar-refractivity contribution in [2.24, 2.45) is 5.41 Å². The molecule has 0 unspecified atom stereocenters. The molecular formula is C24H24N2. The van der Waals surface area contributed by atoms with Crippen molar-refractivity contribution in [2.75, 3.05) is 0 Å². The summed E-state index contributed by atoms with van der Waals surface area (Å²) in [4.78, 5) is 4.80. The molecule has 2 heteroatoms. The zero-order valence-corrected chi connectivity index (χ0v) is 16.1. The lowest BCUT2D eigenvalue weighted by molar-refractivity contribution is 0.411. The summed E-state index contributed by atoms with van der Waals surface area (Å²) < 4.78 is 2.47. The van der Waals surface area contributed by atoms with Crippen LogP contribution in [0.3, 0.4) is 0 Å². The second-order valence-electron chi connectivity index (χ2n) is 8.88. The lowest BCUT2D eigenvalue weighted by Gasteiger charge is -2.18. The van der Waals surface area contributed by atoms with Gasteiger partial charge in [0.25, 0.3) is 0 Å². The van der Waals surface area contributed by atoms with Crippen molar-refractivity contribution in [3.63, 3.8) is 0 Å². The Bertz CT molecular complexity index is 1300. The Kier molecular flexibility index (Phi) is 2.99. The van der Waals surface area contributed by atoms with E-state index in [4.69, 9.17) is 4.98 Å². The molecule has 0 saturated carbocycles. The van der Waals surface area contributed by atoms with Crippen molar-refractivity contribution in [1.29, 1.82) is 0 Å². The highest BCUT2D eigenvalue weighted by Crippen LogP contribution is 2.40. The predicted molar refractivity (Wildman–Crippen MR) is 112 cm³/mol. The average molecular weight is 340 g/mol. The molecule has 0 bridgehead atoms. The smallest absolute Gasteiger partial charge is 0.0822 e. The first-order valence-electron chi connectivity index (χ1n) is 9.38. The molecule has 0 radical (unpaired) electrons. The predicted octanol–water partition coefficient (Wildman–Crippen LogP) is 6.44. The maximum atomic E-state index is 4.80. The topological polar surface area (TPSA) is 17.3 Å². The van der Waals surface area contributed by atoms with Gasteiger partial charge in [-0.3, -0.25) is 4.98 Å². The Morgan fingerprint density at radius 3 is 2.54 bits per heavy atom. The fourth-order valence-corrected chi connectivity index (χ4v) is 4.52. The van der Waals surface area contributed by atoms with Gasteiger partial charge >= 0.3 is 0 Å². The number of nitrogens with zero attached hydrogens (tertiary/aromatic N) is 2. The Morgan fingerprint density at radius 2 is 1.77 bits per heavy atom. The molecular weight excluding hydrogens is 316 g/mol. The van der Waals surface area contributed by atoms with Gasteiger partial charge in [0.2, 0.25) is 0 Å². The highest BCUT2D eigenvalue weighted by molar-refractivity contribution is 6.22. The highest BCUT2D eigenvalue weighted by Gasteiger charge is 2.23. The minimum atomic E-state index is 0.251. The number of benzene rings is 2. The van der Waals surface area contributed by atoms with E-state index in [1.165, 1.54) is 49.4 Å². The van der Waals surface area contributed by atoms with Crippen LogP contribution in [0.5, 0.6) is 0 Å². The maximum absolute atomic E-state index is 4.80. The Morgan fingerprint density at radius 1 is 0.962 bits per heavy atom. The summed E-state index contributed by atoms with van der Waals surface area (Å²) in [5.74, 6) is 0. The summed E-state index contributed by atoms with van der Waals surface area (Å²) in [6, 6.07) is 13.5. The fourth-order valence-electron chi connectivity index (χ4n) is 4.52. The van der Waals surface area contributed by atoms with Crippen molar-refractivity contribution in [3.8, 4) is 0 Å². The van der Waals surface area contributed by atoms with E-state index in [1.54, 1.807) is 0 Å². The normalized spacial score (nSPS) is 13.0. The zero-order valence-electron chi connectivity index (χ0n) is 16.1. The number of aryl methyl sites for hydroxylation is 2. The van der Waals surface area contributed by atoms with Gasteiger partial charge in [-0.25, -0.2) is 0 Å². The van der Waals surface area contributed by atoms with Gasteiger partial charge in [-0.1, -0.05) is 44.5 Å². The first-order chi connectivity index (χ1) is 12.3. The van der Waals surface area contributed by atoms with Crippen molar-refractivity contribution >= 4 is 38.1 Å². The lowest BCUT2D eigenvalue weighted by Crippen LogP contribution is -2.09. The molecule has 0 aliphatic heterocycles. The van der Waals surface area contributed by atoms with Crippen molar-refractivity contribution < 1.29 is 0 Å². The third-order valence-corrected chi connectivity index (χ3v) is 5.58. The van der Waals surface area contributed by atoms with E-state index in [0.717, 1.165) is 11.9 Å². The van der Waals surface area contributed by atoms with Gasteiger partial charge < -0.3 is 4.40 Å². The number of hydrogen-bond acceptors (Lipinski definition) is 1. The monoisotopic (exact) mass is 340 g/mol. The second kappa shape index (κ2) is 4.97. The van der Waals surface area contributed by atoms with Crippen LogP contribution in [-0.2, 0) is 6.42 Å². The molecule has 26 heavy (non-hydrogen) atoms. The zero-order chi connectivity index (χ0) is 18.2. The van der Waals surface area contributed by atoms with E-state index < -0.39 is 0 Å². The molecule has 2 aromatic carbocycles. The average Bonchev–Trinajstić information content (AvgIpc) is 2.86. The van der Waals surface area contributed by atoms with Gasteiger partial charge in [0.15, 0.2) is 0 Å². The quantitative estimate of drug-likeness (QED) is 0.254. The molecule has 0 fully saturated rings. The molecule has 0 atom stereocenters. The van der Waals surface area contributed by atoms with Crippen molar-refractivity contribution in [1.82, 2.24) is 9.38 Å². The molecule has 130 valence electrons. The molecule has 3 aromatic heterocycles. The fraction of sp³-hybridized carbons (Fsp3) is 0.292. The molecule has 0 saturated heterocycles. The minimum Gasteiger partial charge on any atom is -0.312 e. The lowest BCUT2D eigenvalue weighted by atomic mass is 9.87. The molecule has 0 aliphatic carbocycles. The van der Waals surface area contributed by atoms with Crippen molar-refractivity contribution in [3.05, 3.63) is 59.4 Å². The van der Waals surface area contributed by atoms with Crippen LogP contribution >= 0.6 is 0 Å². The summed E-state index contributed by atoms with van der Waals surface area (Å²) in [6.07, 6.45) is 3.02. The van der Waals surface area contributed by atoms with Gasteiger partial charge in [0.1, 0.15) is 0 Å². The van der Waals surface area contributed by atoms with E-state index in [2.05, 4.69) is 75.4 Å². The van der Waals surface area contributed by atoms with Gasteiger partial charge in [-0.2, -0.15) is 0 Å². The number of fused-ring (bicyclic) bond motifs is 3. The van der Waals surface area contributed by atoms with Gasteiger partial charge in [0, 0.05) is 28.0 Å². The standard InChI is InChI=1S/C24H24N2/c1-14-6-9-20-18(12-14)22-21-16(10-11-25-22)7-8-17-19(13-24(3,4)5)15(2)26(20)23(17)21/h6-12H,13H2,1-5H3. The first-order valence-corrected chi connectivity index (χ1v) is 9.38. The SMILES string of the molecule is Cc1ccc2c(c1)c1nccc3ccc4c(CC(C)(C)C)c(C)n2c4c31. The Hall–Kier alpha value is -2.61. The molecule has 5 aromatic rings. The Balaban J connectivity index is 2.10. The molecule has 0 spiro atoms. The minimum absolute atomic E-state index is 0.251. The second-order valence-corrected chi connectivity index (χ2v) is 8.88. The van der Waals surface area contributed by atoms with E-state index in [0.29, 0.717) is 0 Å².